The molecule has 0 heterocycles. The van der Waals surface area contributed by atoms with E-state index >= 15 is 0 Å². The second-order valence-corrected chi connectivity index (χ2v) is 3.64. The molecular formula is C11H16N4O2. The standard InChI is InChI=1S/C11H16N4O2/c1-7-2-3-9(12)8(6-7)10(16)14-4-5-15-11(13)17/h2-3,6H,4-5,12H2,1H3,(H,14,16)(H3,13,15,17). The number of primary amides is 1. The molecule has 0 unspecified atom stereocenters. The Labute approximate surface area is 99.4 Å². The molecule has 1 rings (SSSR count). The van der Waals surface area contributed by atoms with Crippen LogP contribution in [0.25, 0.3) is 0 Å². The molecule has 1 aromatic rings. The summed E-state index contributed by atoms with van der Waals surface area (Å²) >= 11 is 0. The van der Waals surface area contributed by atoms with Crippen molar-refractivity contribution in [2.45, 2.75) is 6.92 Å². The summed E-state index contributed by atoms with van der Waals surface area (Å²) in [4.78, 5) is 22.1. The Morgan fingerprint density at radius 1 is 1.24 bits per heavy atom. The van der Waals surface area contributed by atoms with Crippen molar-refractivity contribution in [2.75, 3.05) is 18.8 Å². The first-order valence-electron chi connectivity index (χ1n) is 5.18. The number of rotatable bonds is 4. The second kappa shape index (κ2) is 5.74. The van der Waals surface area contributed by atoms with Gasteiger partial charge in [0.25, 0.3) is 5.91 Å². The van der Waals surface area contributed by atoms with Crippen LogP contribution in [-0.4, -0.2) is 25.0 Å². The first-order valence-corrected chi connectivity index (χ1v) is 5.18. The van der Waals surface area contributed by atoms with Crippen molar-refractivity contribution in [1.82, 2.24) is 10.6 Å². The van der Waals surface area contributed by atoms with Crippen LogP contribution in [0, 0.1) is 6.92 Å². The number of hydrogen-bond acceptors (Lipinski definition) is 3. The van der Waals surface area contributed by atoms with Crippen LogP contribution in [0.5, 0.6) is 0 Å². The molecule has 0 aliphatic carbocycles. The zero-order chi connectivity index (χ0) is 12.8. The van der Waals surface area contributed by atoms with Crippen LogP contribution in [0.2, 0.25) is 0 Å². The van der Waals surface area contributed by atoms with Crippen LogP contribution in [0.4, 0.5) is 10.5 Å². The zero-order valence-corrected chi connectivity index (χ0v) is 9.62. The SMILES string of the molecule is Cc1ccc(N)c(C(=O)NCCNC(N)=O)c1. The van der Waals surface area contributed by atoms with Gasteiger partial charge in [0.1, 0.15) is 0 Å². The fraction of sp³-hybridized carbons (Fsp3) is 0.273. The molecular weight excluding hydrogens is 220 g/mol. The molecule has 0 aliphatic rings. The number of urea groups is 1. The quantitative estimate of drug-likeness (QED) is 0.435. The van der Waals surface area contributed by atoms with Gasteiger partial charge in [0, 0.05) is 18.8 Å². The summed E-state index contributed by atoms with van der Waals surface area (Å²) < 4.78 is 0. The molecule has 0 fully saturated rings. The first-order chi connectivity index (χ1) is 8.00. The average molecular weight is 236 g/mol. The van der Waals surface area contributed by atoms with Gasteiger partial charge >= 0.3 is 6.03 Å². The molecule has 0 saturated carbocycles. The van der Waals surface area contributed by atoms with Crippen LogP contribution >= 0.6 is 0 Å². The maximum Gasteiger partial charge on any atom is 0.312 e. The van der Waals surface area contributed by atoms with Gasteiger partial charge in [0.2, 0.25) is 0 Å². The predicted molar refractivity (Wildman–Crippen MR) is 65.5 cm³/mol. The largest absolute Gasteiger partial charge is 0.398 e. The molecule has 1 aromatic carbocycles. The molecule has 17 heavy (non-hydrogen) atoms. The number of anilines is 1. The van der Waals surface area contributed by atoms with E-state index in [0.29, 0.717) is 17.8 Å². The summed E-state index contributed by atoms with van der Waals surface area (Å²) in [6, 6.07) is 4.62. The smallest absolute Gasteiger partial charge is 0.312 e. The lowest BCUT2D eigenvalue weighted by Crippen LogP contribution is -2.37. The minimum absolute atomic E-state index is 0.266. The van der Waals surface area contributed by atoms with Gasteiger partial charge in [-0.25, -0.2) is 4.79 Å². The molecule has 0 aliphatic heterocycles. The van der Waals surface area contributed by atoms with Crippen molar-refractivity contribution in [3.8, 4) is 0 Å². The molecule has 0 aromatic heterocycles. The zero-order valence-electron chi connectivity index (χ0n) is 9.62. The summed E-state index contributed by atoms with van der Waals surface area (Å²) in [5.74, 6) is -0.266. The second-order valence-electron chi connectivity index (χ2n) is 3.64. The van der Waals surface area contributed by atoms with Crippen LogP contribution in [0.3, 0.4) is 0 Å². The summed E-state index contributed by atoms with van der Waals surface area (Å²) in [6.45, 7) is 2.47. The number of amides is 3. The van der Waals surface area contributed by atoms with Crippen molar-refractivity contribution in [3.05, 3.63) is 29.3 Å². The summed E-state index contributed by atoms with van der Waals surface area (Å²) in [7, 11) is 0. The van der Waals surface area contributed by atoms with Crippen LogP contribution in [-0.2, 0) is 0 Å². The van der Waals surface area contributed by atoms with E-state index in [1.807, 2.05) is 13.0 Å². The Morgan fingerprint density at radius 3 is 2.53 bits per heavy atom. The van der Waals surface area contributed by atoms with Gasteiger partial charge < -0.3 is 22.1 Å². The highest BCUT2D eigenvalue weighted by Crippen LogP contribution is 2.13. The molecule has 0 radical (unpaired) electrons. The van der Waals surface area contributed by atoms with Gasteiger partial charge in [-0.3, -0.25) is 4.79 Å². The number of aryl methyl sites for hydroxylation is 1. The van der Waals surface area contributed by atoms with E-state index in [-0.39, 0.29) is 12.5 Å². The van der Waals surface area contributed by atoms with E-state index in [0.717, 1.165) is 5.56 Å². The lowest BCUT2D eigenvalue weighted by molar-refractivity contribution is 0.0954. The van der Waals surface area contributed by atoms with Gasteiger partial charge in [-0.15, -0.1) is 0 Å². The fourth-order valence-corrected chi connectivity index (χ4v) is 1.32. The number of benzene rings is 1. The number of carbonyl (C=O) groups excluding carboxylic acids is 2. The first kappa shape index (κ1) is 12.8. The lowest BCUT2D eigenvalue weighted by Gasteiger charge is -2.08. The highest BCUT2D eigenvalue weighted by atomic mass is 16.2. The molecule has 6 nitrogen and oxygen atoms in total. The molecule has 6 heteroatoms. The molecule has 0 atom stereocenters. The molecule has 0 spiro atoms. The van der Waals surface area contributed by atoms with Crippen molar-refractivity contribution in [1.29, 1.82) is 0 Å². The highest BCUT2D eigenvalue weighted by Gasteiger charge is 2.08. The monoisotopic (exact) mass is 236 g/mol. The van der Waals surface area contributed by atoms with Gasteiger partial charge in [-0.2, -0.15) is 0 Å². The third-order valence-corrected chi connectivity index (χ3v) is 2.16. The minimum Gasteiger partial charge on any atom is -0.398 e. The van der Waals surface area contributed by atoms with E-state index in [4.69, 9.17) is 11.5 Å². The fourth-order valence-electron chi connectivity index (χ4n) is 1.32. The molecule has 0 bridgehead atoms. The van der Waals surface area contributed by atoms with E-state index in [1.165, 1.54) is 0 Å². The Bertz CT molecular complexity index is 431. The Balaban J connectivity index is 2.52. The van der Waals surface area contributed by atoms with Gasteiger partial charge in [-0.1, -0.05) is 11.6 Å². The normalized spacial score (nSPS) is 9.71. The summed E-state index contributed by atoms with van der Waals surface area (Å²) in [6.07, 6.45) is 0. The van der Waals surface area contributed by atoms with Gasteiger partial charge in [0.05, 0.1) is 5.56 Å². The number of nitrogen functional groups attached to an aromatic ring is 1. The number of nitrogens with one attached hydrogen (secondary N) is 2. The molecule has 0 saturated heterocycles. The topological polar surface area (TPSA) is 110 Å². The van der Waals surface area contributed by atoms with Crippen molar-refractivity contribution < 1.29 is 9.59 Å². The molecule has 3 amide bonds. The van der Waals surface area contributed by atoms with Gasteiger partial charge in [-0.05, 0) is 19.1 Å². The number of nitrogens with two attached hydrogens (primary N) is 2. The maximum absolute atomic E-state index is 11.7. The third kappa shape index (κ3) is 4.02. The van der Waals surface area contributed by atoms with E-state index in [9.17, 15) is 9.59 Å². The Kier molecular flexibility index (Phi) is 4.33. The average Bonchev–Trinajstić information content (AvgIpc) is 2.27. The van der Waals surface area contributed by atoms with Crippen LogP contribution in [0.15, 0.2) is 18.2 Å². The molecule has 92 valence electrons. The van der Waals surface area contributed by atoms with E-state index < -0.39 is 6.03 Å². The number of carbonyl (C=O) groups is 2. The van der Waals surface area contributed by atoms with Gasteiger partial charge in [0.15, 0.2) is 0 Å². The lowest BCUT2D eigenvalue weighted by atomic mass is 10.1. The highest BCUT2D eigenvalue weighted by molar-refractivity contribution is 5.99. The van der Waals surface area contributed by atoms with E-state index in [1.54, 1.807) is 12.1 Å². The third-order valence-electron chi connectivity index (χ3n) is 2.16. The van der Waals surface area contributed by atoms with Crippen molar-refractivity contribution >= 4 is 17.6 Å². The van der Waals surface area contributed by atoms with Crippen molar-refractivity contribution in [2.24, 2.45) is 5.73 Å². The summed E-state index contributed by atoms with van der Waals surface area (Å²) in [5.41, 5.74) is 12.4. The summed E-state index contributed by atoms with van der Waals surface area (Å²) in [5, 5.41) is 5.00. The van der Waals surface area contributed by atoms with E-state index in [2.05, 4.69) is 10.6 Å². The van der Waals surface area contributed by atoms with Crippen LogP contribution < -0.4 is 22.1 Å². The Morgan fingerprint density at radius 2 is 1.88 bits per heavy atom. The Hall–Kier alpha value is -2.24. The van der Waals surface area contributed by atoms with Crippen LogP contribution in [0.1, 0.15) is 15.9 Å². The maximum atomic E-state index is 11.7. The van der Waals surface area contributed by atoms with Crippen molar-refractivity contribution in [3.63, 3.8) is 0 Å². The minimum atomic E-state index is -0.616. The number of hydrogen-bond donors (Lipinski definition) is 4. The predicted octanol–water partition coefficient (Wildman–Crippen LogP) is -0.0247. The molecule has 6 N–H and O–H groups in total.